The molecule has 7 heteroatoms. The Bertz CT molecular complexity index is 790. The zero-order valence-electron chi connectivity index (χ0n) is 17.0. The van der Waals surface area contributed by atoms with E-state index in [0.717, 1.165) is 43.0 Å². The summed E-state index contributed by atoms with van der Waals surface area (Å²) in [6.07, 6.45) is 0. The van der Waals surface area contributed by atoms with Crippen LogP contribution in [0.4, 0.5) is 10.8 Å². The van der Waals surface area contributed by atoms with Gasteiger partial charge in [-0.25, -0.2) is 4.98 Å². The van der Waals surface area contributed by atoms with Gasteiger partial charge in [-0.2, -0.15) is 0 Å². The van der Waals surface area contributed by atoms with E-state index in [4.69, 9.17) is 0 Å². The Labute approximate surface area is 166 Å². The first-order valence-corrected chi connectivity index (χ1v) is 10.3. The fraction of sp³-hybridized carbons (Fsp3) is 0.500. The van der Waals surface area contributed by atoms with E-state index in [1.807, 2.05) is 26.0 Å². The second kappa shape index (κ2) is 8.61. The van der Waals surface area contributed by atoms with Gasteiger partial charge in [-0.05, 0) is 31.0 Å². The molecule has 0 saturated carbocycles. The topological polar surface area (TPSA) is 47.0 Å². The lowest BCUT2D eigenvalue weighted by atomic mass is 10.1. The monoisotopic (exact) mass is 386 g/mol. The number of thiazole rings is 1. The van der Waals surface area contributed by atoms with Crippen molar-refractivity contribution in [2.75, 3.05) is 57.1 Å². The summed E-state index contributed by atoms with van der Waals surface area (Å²) in [7, 11) is 5.89. The molecule has 3 rings (SSSR count). The summed E-state index contributed by atoms with van der Waals surface area (Å²) in [5, 5.41) is 6.60. The Morgan fingerprint density at radius 3 is 2.59 bits per heavy atom. The second-order valence-electron chi connectivity index (χ2n) is 7.11. The predicted molar refractivity (Wildman–Crippen MR) is 116 cm³/mol. The predicted octanol–water partition coefficient (Wildman–Crippen LogP) is 2.72. The van der Waals surface area contributed by atoms with E-state index < -0.39 is 0 Å². The molecule has 0 atom stereocenters. The fourth-order valence-corrected chi connectivity index (χ4v) is 4.08. The number of nitrogens with zero attached hydrogens (tertiary/aromatic N) is 5. The molecule has 1 aromatic carbocycles. The van der Waals surface area contributed by atoms with Gasteiger partial charge in [0.05, 0.1) is 12.2 Å². The maximum Gasteiger partial charge on any atom is 0.194 e. The number of nitrogens with one attached hydrogen (secondary N) is 1. The lowest BCUT2D eigenvalue weighted by Crippen LogP contribution is -2.52. The van der Waals surface area contributed by atoms with Gasteiger partial charge in [-0.3, -0.25) is 4.99 Å². The SMILES string of the molecule is CN=C(NCc1csc(N(C)C)n1)N1CCN(c2cccc(C)c2C)CC1. The smallest absolute Gasteiger partial charge is 0.194 e. The first kappa shape index (κ1) is 19.5. The highest BCUT2D eigenvalue weighted by atomic mass is 32.1. The normalized spacial score (nSPS) is 15.2. The van der Waals surface area contributed by atoms with Crippen LogP contribution < -0.4 is 15.1 Å². The molecule has 1 aromatic heterocycles. The number of piperazine rings is 1. The molecule has 1 aliphatic heterocycles. The van der Waals surface area contributed by atoms with Crippen LogP contribution in [-0.2, 0) is 6.54 Å². The standard InChI is InChI=1S/C20H30N6S/c1-15-7-6-8-18(16(15)2)25-9-11-26(12-10-25)19(21-3)22-13-17-14-27-20(23-17)24(4)5/h6-8,14H,9-13H2,1-5H3,(H,21,22). The van der Waals surface area contributed by atoms with Gasteiger partial charge in [0.25, 0.3) is 0 Å². The highest BCUT2D eigenvalue weighted by Gasteiger charge is 2.21. The van der Waals surface area contributed by atoms with E-state index in [0.29, 0.717) is 6.54 Å². The van der Waals surface area contributed by atoms with Crippen molar-refractivity contribution in [3.8, 4) is 0 Å². The summed E-state index contributed by atoms with van der Waals surface area (Å²) < 4.78 is 0. The highest BCUT2D eigenvalue weighted by Crippen LogP contribution is 2.24. The van der Waals surface area contributed by atoms with Crippen molar-refractivity contribution in [1.82, 2.24) is 15.2 Å². The molecule has 1 saturated heterocycles. The first-order chi connectivity index (χ1) is 13.0. The molecular formula is C20H30N6S. The van der Waals surface area contributed by atoms with Crippen LogP contribution in [0.15, 0.2) is 28.6 Å². The van der Waals surface area contributed by atoms with Gasteiger partial charge >= 0.3 is 0 Å². The van der Waals surface area contributed by atoms with Gasteiger partial charge in [-0.15, -0.1) is 11.3 Å². The maximum absolute atomic E-state index is 4.63. The Morgan fingerprint density at radius 1 is 1.22 bits per heavy atom. The van der Waals surface area contributed by atoms with Crippen LogP contribution in [0.5, 0.6) is 0 Å². The lowest BCUT2D eigenvalue weighted by molar-refractivity contribution is 0.372. The number of anilines is 2. The molecule has 2 heterocycles. The average molecular weight is 387 g/mol. The fourth-order valence-electron chi connectivity index (χ4n) is 3.32. The zero-order chi connectivity index (χ0) is 19.4. The molecule has 0 unspecified atom stereocenters. The molecule has 0 bridgehead atoms. The Kier molecular flexibility index (Phi) is 6.21. The highest BCUT2D eigenvalue weighted by molar-refractivity contribution is 7.13. The van der Waals surface area contributed by atoms with Crippen LogP contribution in [-0.4, -0.2) is 63.2 Å². The Hall–Kier alpha value is -2.28. The summed E-state index contributed by atoms with van der Waals surface area (Å²) in [6.45, 7) is 9.04. The number of guanidine groups is 1. The minimum absolute atomic E-state index is 0.703. The Morgan fingerprint density at radius 2 is 1.96 bits per heavy atom. The zero-order valence-corrected chi connectivity index (χ0v) is 17.8. The van der Waals surface area contributed by atoms with Crippen LogP contribution in [0.25, 0.3) is 0 Å². The van der Waals surface area contributed by atoms with E-state index in [1.165, 1.54) is 16.8 Å². The number of aromatic nitrogens is 1. The largest absolute Gasteiger partial charge is 0.368 e. The van der Waals surface area contributed by atoms with E-state index >= 15 is 0 Å². The van der Waals surface area contributed by atoms with E-state index in [9.17, 15) is 0 Å². The summed E-state index contributed by atoms with van der Waals surface area (Å²) >= 11 is 1.67. The van der Waals surface area contributed by atoms with E-state index in [1.54, 1.807) is 11.3 Å². The van der Waals surface area contributed by atoms with Crippen molar-refractivity contribution in [2.45, 2.75) is 20.4 Å². The molecule has 2 aromatic rings. The van der Waals surface area contributed by atoms with Crippen LogP contribution in [0.2, 0.25) is 0 Å². The van der Waals surface area contributed by atoms with Crippen LogP contribution in [0.3, 0.4) is 0 Å². The molecule has 1 fully saturated rings. The number of rotatable bonds is 4. The third kappa shape index (κ3) is 4.53. The molecular weight excluding hydrogens is 356 g/mol. The average Bonchev–Trinajstić information content (AvgIpc) is 3.14. The second-order valence-corrected chi connectivity index (χ2v) is 7.95. The minimum atomic E-state index is 0.703. The van der Waals surface area contributed by atoms with Crippen molar-refractivity contribution < 1.29 is 0 Å². The summed E-state index contributed by atoms with van der Waals surface area (Å²) in [5.74, 6) is 0.954. The van der Waals surface area contributed by atoms with Crippen LogP contribution >= 0.6 is 11.3 Å². The summed E-state index contributed by atoms with van der Waals surface area (Å²) in [4.78, 5) is 16.0. The molecule has 6 nitrogen and oxygen atoms in total. The van der Waals surface area contributed by atoms with Gasteiger partial charge in [-0.1, -0.05) is 12.1 Å². The van der Waals surface area contributed by atoms with Gasteiger partial charge < -0.3 is 20.0 Å². The molecule has 0 radical (unpaired) electrons. The van der Waals surface area contributed by atoms with Gasteiger partial charge in [0.2, 0.25) is 0 Å². The van der Waals surface area contributed by atoms with Crippen molar-refractivity contribution in [3.05, 3.63) is 40.4 Å². The first-order valence-electron chi connectivity index (χ1n) is 9.38. The van der Waals surface area contributed by atoms with Crippen LogP contribution in [0, 0.1) is 13.8 Å². The molecule has 1 aliphatic rings. The number of hydrogen-bond acceptors (Lipinski definition) is 5. The third-order valence-corrected chi connectivity index (χ3v) is 6.11. The molecule has 1 N–H and O–H groups in total. The minimum Gasteiger partial charge on any atom is -0.368 e. The molecule has 0 aliphatic carbocycles. The van der Waals surface area contributed by atoms with E-state index in [-0.39, 0.29) is 0 Å². The van der Waals surface area contributed by atoms with Crippen molar-refractivity contribution >= 4 is 28.1 Å². The molecule has 0 amide bonds. The van der Waals surface area contributed by atoms with Crippen molar-refractivity contribution in [2.24, 2.45) is 4.99 Å². The van der Waals surface area contributed by atoms with E-state index in [2.05, 4.69) is 62.5 Å². The number of hydrogen-bond donors (Lipinski definition) is 1. The van der Waals surface area contributed by atoms with Gasteiger partial charge in [0, 0.05) is 58.4 Å². The summed E-state index contributed by atoms with van der Waals surface area (Å²) in [6, 6.07) is 6.57. The Balaban J connectivity index is 1.56. The van der Waals surface area contributed by atoms with Gasteiger partial charge in [0.15, 0.2) is 11.1 Å². The number of aliphatic imine (C=N–C) groups is 1. The summed E-state index contributed by atoms with van der Waals surface area (Å²) in [5.41, 5.74) is 5.15. The number of aryl methyl sites for hydroxylation is 1. The molecule has 146 valence electrons. The quantitative estimate of drug-likeness (QED) is 0.647. The van der Waals surface area contributed by atoms with Crippen molar-refractivity contribution in [3.63, 3.8) is 0 Å². The maximum atomic E-state index is 4.63. The molecule has 27 heavy (non-hydrogen) atoms. The van der Waals surface area contributed by atoms with Gasteiger partial charge in [0.1, 0.15) is 0 Å². The van der Waals surface area contributed by atoms with Crippen LogP contribution in [0.1, 0.15) is 16.8 Å². The molecule has 0 spiro atoms. The lowest BCUT2D eigenvalue weighted by Gasteiger charge is -2.38. The number of benzene rings is 1. The van der Waals surface area contributed by atoms with Crippen molar-refractivity contribution in [1.29, 1.82) is 0 Å². The third-order valence-electron chi connectivity index (χ3n) is 5.06.